The molecule has 40 heavy (non-hydrogen) atoms. The Kier molecular flexibility index (Phi) is 9.58. The summed E-state index contributed by atoms with van der Waals surface area (Å²) in [4.78, 5) is 18.8. The third-order valence-electron chi connectivity index (χ3n) is 5.52. The van der Waals surface area contributed by atoms with E-state index >= 15 is 0 Å². The fourth-order valence-electron chi connectivity index (χ4n) is 3.46. The lowest BCUT2D eigenvalue weighted by molar-refractivity contribution is -0.147. The lowest BCUT2D eigenvalue weighted by Gasteiger charge is -2.19. The third kappa shape index (κ3) is 7.12. The van der Waals surface area contributed by atoms with Gasteiger partial charge < -0.3 is 14.4 Å². The molecule has 1 amide bonds. The SMILES string of the molecule is CCN(CC)C(=O)c1nc(-c2nnc(CC(C)(C)O)o2)sc1-c1ccc(S(=O)(=O)N[C@@H](C)C(F)(F)F)c(Cl)c1Cl. The summed E-state index contributed by atoms with van der Waals surface area (Å²) in [6.07, 6.45) is -4.77. The largest absolute Gasteiger partial charge is 0.419 e. The van der Waals surface area contributed by atoms with Crippen LogP contribution in [0.4, 0.5) is 13.2 Å². The first-order valence-corrected chi connectivity index (χ1v) is 14.9. The Morgan fingerprint density at radius 2 is 1.80 bits per heavy atom. The molecule has 3 rings (SSSR count). The van der Waals surface area contributed by atoms with Crippen LogP contribution in [-0.4, -0.2) is 70.4 Å². The van der Waals surface area contributed by atoms with Gasteiger partial charge in [-0.15, -0.1) is 21.5 Å². The molecule has 2 N–H and O–H groups in total. The molecule has 1 aromatic carbocycles. The lowest BCUT2D eigenvalue weighted by Crippen LogP contribution is -2.43. The zero-order valence-corrected chi connectivity index (χ0v) is 25.1. The van der Waals surface area contributed by atoms with Gasteiger partial charge in [-0.3, -0.25) is 4.79 Å². The summed E-state index contributed by atoms with van der Waals surface area (Å²) < 4.78 is 71.4. The summed E-state index contributed by atoms with van der Waals surface area (Å²) in [5, 5.41) is 17.2. The number of thiazole rings is 1. The first-order valence-electron chi connectivity index (χ1n) is 11.8. The molecule has 0 aliphatic heterocycles. The average Bonchev–Trinajstić information content (AvgIpc) is 3.46. The second-order valence-corrected chi connectivity index (χ2v) is 12.7. The summed E-state index contributed by atoms with van der Waals surface area (Å²) in [6.45, 7) is 8.03. The molecule has 0 saturated heterocycles. The second kappa shape index (κ2) is 11.9. The quantitative estimate of drug-likeness (QED) is 0.308. The van der Waals surface area contributed by atoms with Crippen LogP contribution in [0.15, 0.2) is 21.4 Å². The predicted molar refractivity (Wildman–Crippen MR) is 144 cm³/mol. The first kappa shape index (κ1) is 32.2. The number of hydrogen-bond acceptors (Lipinski definition) is 9. The van der Waals surface area contributed by atoms with Crippen LogP contribution in [0.1, 0.15) is 51.0 Å². The fraction of sp³-hybridized carbons (Fsp3) is 0.478. The Labute approximate surface area is 242 Å². The van der Waals surface area contributed by atoms with Gasteiger partial charge >= 0.3 is 6.18 Å². The Bertz CT molecular complexity index is 1500. The van der Waals surface area contributed by atoms with Crippen molar-refractivity contribution in [3.05, 3.63) is 33.8 Å². The van der Waals surface area contributed by atoms with E-state index in [1.165, 1.54) is 15.7 Å². The molecule has 0 radical (unpaired) electrons. The second-order valence-electron chi connectivity index (χ2n) is 9.29. The maximum Gasteiger partial charge on any atom is 0.404 e. The Morgan fingerprint density at radius 1 is 1.18 bits per heavy atom. The predicted octanol–water partition coefficient (Wildman–Crippen LogP) is 5.19. The summed E-state index contributed by atoms with van der Waals surface area (Å²) >= 11 is 13.6. The maximum absolute atomic E-state index is 13.4. The van der Waals surface area contributed by atoms with Crippen molar-refractivity contribution in [3.8, 4) is 21.3 Å². The normalized spacial score (nSPS) is 13.5. The van der Waals surface area contributed by atoms with Gasteiger partial charge in [-0.1, -0.05) is 29.3 Å². The number of halogens is 5. The Morgan fingerprint density at radius 3 is 2.35 bits per heavy atom. The van der Waals surface area contributed by atoms with E-state index in [9.17, 15) is 31.5 Å². The van der Waals surface area contributed by atoms with Crippen molar-refractivity contribution in [2.45, 2.75) is 63.8 Å². The first-order chi connectivity index (χ1) is 18.4. The van der Waals surface area contributed by atoms with Crippen molar-refractivity contribution in [1.82, 2.24) is 24.8 Å². The average molecular weight is 645 g/mol. The van der Waals surface area contributed by atoms with Gasteiger partial charge in [0.15, 0.2) is 5.01 Å². The van der Waals surface area contributed by atoms with Crippen LogP contribution in [-0.2, 0) is 16.4 Å². The lowest BCUT2D eigenvalue weighted by atomic mass is 10.1. The number of aliphatic hydroxyl groups is 1. The van der Waals surface area contributed by atoms with Gasteiger partial charge in [0.2, 0.25) is 15.9 Å². The van der Waals surface area contributed by atoms with Crippen LogP contribution < -0.4 is 4.72 Å². The van der Waals surface area contributed by atoms with Crippen molar-refractivity contribution in [2.24, 2.45) is 0 Å². The highest BCUT2D eigenvalue weighted by atomic mass is 35.5. The van der Waals surface area contributed by atoms with E-state index in [-0.39, 0.29) is 44.4 Å². The van der Waals surface area contributed by atoms with Crippen LogP contribution in [0.25, 0.3) is 21.3 Å². The van der Waals surface area contributed by atoms with Gasteiger partial charge in [-0.2, -0.15) is 17.9 Å². The monoisotopic (exact) mass is 643 g/mol. The van der Waals surface area contributed by atoms with Crippen LogP contribution in [0.5, 0.6) is 0 Å². The number of rotatable bonds is 10. The number of carbonyl (C=O) groups excluding carboxylic acids is 1. The van der Waals surface area contributed by atoms with E-state index in [4.69, 9.17) is 27.6 Å². The Hall–Kier alpha value is -2.30. The van der Waals surface area contributed by atoms with Crippen LogP contribution in [0.2, 0.25) is 10.0 Å². The van der Waals surface area contributed by atoms with E-state index in [0.717, 1.165) is 17.4 Å². The topological polar surface area (TPSA) is 139 Å². The Balaban J connectivity index is 2.14. The van der Waals surface area contributed by atoms with Gasteiger partial charge in [-0.05, 0) is 40.7 Å². The molecule has 0 bridgehead atoms. The number of benzene rings is 1. The summed E-state index contributed by atoms with van der Waals surface area (Å²) in [7, 11) is -4.72. The summed E-state index contributed by atoms with van der Waals surface area (Å²) in [6, 6.07) is -0.163. The number of alkyl halides is 3. The van der Waals surface area contributed by atoms with E-state index < -0.39 is 43.7 Å². The van der Waals surface area contributed by atoms with E-state index in [0.29, 0.717) is 20.0 Å². The van der Waals surface area contributed by atoms with Gasteiger partial charge in [0.25, 0.3) is 11.8 Å². The minimum Gasteiger partial charge on any atom is -0.419 e. The molecular weight excluding hydrogens is 618 g/mol. The van der Waals surface area contributed by atoms with Crippen molar-refractivity contribution in [3.63, 3.8) is 0 Å². The van der Waals surface area contributed by atoms with Crippen molar-refractivity contribution in [1.29, 1.82) is 0 Å². The molecule has 2 aromatic heterocycles. The number of amides is 1. The summed E-state index contributed by atoms with van der Waals surface area (Å²) in [5.41, 5.74) is -1.06. The molecule has 2 heterocycles. The molecule has 1 atom stereocenters. The molecule has 0 aliphatic rings. The van der Waals surface area contributed by atoms with Crippen molar-refractivity contribution < 1.29 is 35.9 Å². The van der Waals surface area contributed by atoms with E-state index in [1.807, 2.05) is 0 Å². The molecule has 0 saturated carbocycles. The highest BCUT2D eigenvalue weighted by Gasteiger charge is 2.39. The molecule has 0 unspecified atom stereocenters. The maximum atomic E-state index is 13.4. The minimum atomic E-state index is -4.83. The highest BCUT2D eigenvalue weighted by molar-refractivity contribution is 7.89. The molecule has 10 nitrogen and oxygen atoms in total. The molecule has 220 valence electrons. The van der Waals surface area contributed by atoms with Gasteiger partial charge in [0.05, 0.1) is 26.9 Å². The fourth-order valence-corrected chi connectivity index (χ4v) is 6.62. The number of sulfonamides is 1. The number of carbonyl (C=O) groups is 1. The molecule has 3 aromatic rings. The minimum absolute atomic E-state index is 0.0316. The van der Waals surface area contributed by atoms with Gasteiger partial charge in [-0.25, -0.2) is 13.4 Å². The van der Waals surface area contributed by atoms with E-state index in [2.05, 4.69) is 15.2 Å². The standard InChI is InChI=1S/C23H26Cl2F3N5O5S2/c1-6-33(7-2)21(34)17-18(39-20(29-17)19-31-30-14(38-19)10-22(4,5)35)12-8-9-13(16(25)15(12)24)40(36,37)32-11(3)23(26,27)28/h8-9,11,32,35H,6-7,10H2,1-5H3/t11-/m0/s1. The number of hydrogen-bond donors (Lipinski definition) is 2. The molecule has 0 fully saturated rings. The van der Waals surface area contributed by atoms with Crippen molar-refractivity contribution in [2.75, 3.05) is 13.1 Å². The number of nitrogens with zero attached hydrogens (tertiary/aromatic N) is 4. The van der Waals surface area contributed by atoms with Crippen LogP contribution in [0, 0.1) is 0 Å². The number of nitrogens with one attached hydrogen (secondary N) is 1. The van der Waals surface area contributed by atoms with Crippen LogP contribution in [0.3, 0.4) is 0 Å². The molecule has 0 aliphatic carbocycles. The molecule has 0 spiro atoms. The highest BCUT2D eigenvalue weighted by Crippen LogP contribution is 2.43. The molecule has 17 heteroatoms. The number of aromatic nitrogens is 3. The smallest absolute Gasteiger partial charge is 0.404 e. The van der Waals surface area contributed by atoms with Crippen molar-refractivity contribution >= 4 is 50.5 Å². The summed E-state index contributed by atoms with van der Waals surface area (Å²) in [5.74, 6) is -0.369. The molecular formula is C23H26Cl2F3N5O5S2. The third-order valence-corrected chi connectivity index (χ3v) is 9.17. The van der Waals surface area contributed by atoms with Crippen LogP contribution >= 0.6 is 34.5 Å². The van der Waals surface area contributed by atoms with Gasteiger partial charge in [0.1, 0.15) is 16.6 Å². The van der Waals surface area contributed by atoms with Gasteiger partial charge in [0, 0.05) is 18.7 Å². The zero-order chi connectivity index (χ0) is 30.2. The zero-order valence-electron chi connectivity index (χ0n) is 21.9. The van der Waals surface area contributed by atoms with E-state index in [1.54, 1.807) is 27.7 Å².